The summed E-state index contributed by atoms with van der Waals surface area (Å²) in [5.41, 5.74) is -1.01. The van der Waals surface area contributed by atoms with Gasteiger partial charge in [-0.25, -0.2) is 22.5 Å². The molecule has 1 nitrogen and oxygen atoms in total. The van der Waals surface area contributed by atoms with Crippen molar-refractivity contribution in [1.82, 2.24) is 4.98 Å². The van der Waals surface area contributed by atoms with E-state index in [1.54, 1.807) is 6.07 Å². The molecule has 1 heterocycles. The molecule has 0 aliphatic heterocycles. The van der Waals surface area contributed by atoms with Crippen LogP contribution in [0.25, 0.3) is 11.3 Å². The number of nitrogens with zero attached hydrogens (tertiary/aromatic N) is 1. The average Bonchev–Trinajstić information content (AvgIpc) is 2.22. The van der Waals surface area contributed by atoms with Crippen LogP contribution < -0.4 is 0 Å². The van der Waals surface area contributed by atoms with Crippen LogP contribution in [0.3, 0.4) is 0 Å². The minimum Gasteiger partial charge on any atom is -0.214 e. The first-order chi connectivity index (χ1) is 7.97. The van der Waals surface area contributed by atoms with Gasteiger partial charge in [0.15, 0.2) is 11.6 Å². The van der Waals surface area contributed by atoms with Crippen molar-refractivity contribution in [2.75, 3.05) is 0 Å². The summed E-state index contributed by atoms with van der Waals surface area (Å²) in [6.45, 7) is 0. The quantitative estimate of drug-likeness (QED) is 0.554. The molecule has 0 spiro atoms. The molecule has 87 valence electrons. The Morgan fingerprint density at radius 1 is 0.824 bits per heavy atom. The predicted octanol–water partition coefficient (Wildman–Crippen LogP) is 3.24. The van der Waals surface area contributed by atoms with Gasteiger partial charge in [0.25, 0.3) is 0 Å². The Bertz CT molecular complexity index is 562. The number of halogens is 5. The summed E-state index contributed by atoms with van der Waals surface area (Å²) in [5.74, 6) is -6.42. The fraction of sp³-hybridized carbons (Fsp3) is 0. The summed E-state index contributed by atoms with van der Waals surface area (Å²) in [6, 6.07) is 3.36. The van der Waals surface area contributed by atoms with E-state index < -0.39 is 34.9 Å². The standard InChI is InChI=1S/C11H3F5N/c12-6-1-5(2-7(13)3-6)10-8(14)4-9(15)11(16)17-10/h1-2,4H. The lowest BCUT2D eigenvalue weighted by molar-refractivity contribution is 0.466. The Morgan fingerprint density at radius 2 is 1.41 bits per heavy atom. The summed E-state index contributed by atoms with van der Waals surface area (Å²) in [5, 5.41) is 0. The highest BCUT2D eigenvalue weighted by molar-refractivity contribution is 5.59. The van der Waals surface area contributed by atoms with E-state index in [9.17, 15) is 22.0 Å². The van der Waals surface area contributed by atoms with Crippen molar-refractivity contribution in [3.63, 3.8) is 0 Å². The molecular formula is C11H3F5N. The van der Waals surface area contributed by atoms with E-state index in [0.29, 0.717) is 12.1 Å². The third kappa shape index (κ3) is 2.25. The molecule has 0 bridgehead atoms. The fourth-order valence-corrected chi connectivity index (χ4v) is 1.28. The van der Waals surface area contributed by atoms with Gasteiger partial charge in [-0.15, -0.1) is 0 Å². The van der Waals surface area contributed by atoms with Crippen molar-refractivity contribution < 1.29 is 22.0 Å². The van der Waals surface area contributed by atoms with Crippen LogP contribution in [0.15, 0.2) is 18.2 Å². The van der Waals surface area contributed by atoms with Gasteiger partial charge in [-0.05, 0) is 12.1 Å². The lowest BCUT2D eigenvalue weighted by Crippen LogP contribution is -1.98. The molecule has 1 aromatic heterocycles. The number of hydrogen-bond acceptors (Lipinski definition) is 1. The van der Waals surface area contributed by atoms with E-state index in [4.69, 9.17) is 0 Å². The van der Waals surface area contributed by atoms with Gasteiger partial charge in [-0.1, -0.05) is 0 Å². The minimum absolute atomic E-state index is 0.254. The van der Waals surface area contributed by atoms with Gasteiger partial charge in [0, 0.05) is 11.6 Å². The summed E-state index contributed by atoms with van der Waals surface area (Å²) in [6.07, 6.45) is 0. The van der Waals surface area contributed by atoms with Crippen LogP contribution in [0.2, 0.25) is 0 Å². The molecule has 1 radical (unpaired) electrons. The maximum atomic E-state index is 13.3. The lowest BCUT2D eigenvalue weighted by Gasteiger charge is -2.03. The monoisotopic (exact) mass is 244 g/mol. The summed E-state index contributed by atoms with van der Waals surface area (Å²) < 4.78 is 64.3. The zero-order chi connectivity index (χ0) is 12.6. The van der Waals surface area contributed by atoms with E-state index in [0.717, 1.165) is 0 Å². The zero-order valence-electron chi connectivity index (χ0n) is 8.07. The maximum absolute atomic E-state index is 13.3. The first kappa shape index (κ1) is 11.5. The molecule has 0 saturated heterocycles. The van der Waals surface area contributed by atoms with Gasteiger partial charge in [0.05, 0.1) is 6.07 Å². The molecule has 17 heavy (non-hydrogen) atoms. The highest BCUT2D eigenvalue weighted by Crippen LogP contribution is 2.23. The average molecular weight is 244 g/mol. The molecule has 1 aromatic carbocycles. The van der Waals surface area contributed by atoms with Crippen LogP contribution in [0.1, 0.15) is 0 Å². The first-order valence-electron chi connectivity index (χ1n) is 4.37. The van der Waals surface area contributed by atoms with Crippen molar-refractivity contribution in [3.05, 3.63) is 53.5 Å². The molecule has 0 atom stereocenters. The van der Waals surface area contributed by atoms with Crippen molar-refractivity contribution in [2.45, 2.75) is 0 Å². The Labute approximate surface area is 92.5 Å². The second-order valence-electron chi connectivity index (χ2n) is 3.16. The lowest BCUT2D eigenvalue weighted by atomic mass is 10.1. The van der Waals surface area contributed by atoms with Crippen LogP contribution in [0, 0.1) is 35.3 Å². The first-order valence-corrected chi connectivity index (χ1v) is 4.37. The van der Waals surface area contributed by atoms with Gasteiger partial charge in [-0.3, -0.25) is 0 Å². The molecule has 6 heteroatoms. The molecular weight excluding hydrogens is 241 g/mol. The Hall–Kier alpha value is -1.98. The zero-order valence-corrected chi connectivity index (χ0v) is 8.07. The highest BCUT2D eigenvalue weighted by Gasteiger charge is 2.14. The Balaban J connectivity index is 2.64. The fourth-order valence-electron chi connectivity index (χ4n) is 1.28. The van der Waals surface area contributed by atoms with E-state index in [1.165, 1.54) is 0 Å². The van der Waals surface area contributed by atoms with Crippen molar-refractivity contribution in [2.24, 2.45) is 0 Å². The summed E-state index contributed by atoms with van der Waals surface area (Å²) in [4.78, 5) is 2.96. The smallest absolute Gasteiger partial charge is 0.214 e. The van der Waals surface area contributed by atoms with Crippen LogP contribution in [-0.2, 0) is 0 Å². The van der Waals surface area contributed by atoms with E-state index in [1.807, 2.05) is 0 Å². The van der Waals surface area contributed by atoms with Gasteiger partial charge in [-0.2, -0.15) is 4.39 Å². The van der Waals surface area contributed by atoms with Gasteiger partial charge >= 0.3 is 0 Å². The third-order valence-electron chi connectivity index (χ3n) is 1.96. The SMILES string of the molecule is Fc1[c]c(F)cc(-c2nc(F)c(F)cc2F)c1. The van der Waals surface area contributed by atoms with E-state index in [2.05, 4.69) is 4.98 Å². The molecule has 2 aromatic rings. The number of hydrogen-bond donors (Lipinski definition) is 0. The van der Waals surface area contributed by atoms with Crippen LogP contribution in [0.4, 0.5) is 22.0 Å². The molecule has 0 saturated carbocycles. The highest BCUT2D eigenvalue weighted by atomic mass is 19.2. The van der Waals surface area contributed by atoms with Crippen molar-refractivity contribution >= 4 is 0 Å². The number of rotatable bonds is 1. The summed E-state index contributed by atoms with van der Waals surface area (Å²) in [7, 11) is 0. The minimum atomic E-state index is -1.55. The molecule has 0 unspecified atom stereocenters. The molecule has 0 fully saturated rings. The van der Waals surface area contributed by atoms with Crippen LogP contribution >= 0.6 is 0 Å². The largest absolute Gasteiger partial charge is 0.249 e. The maximum Gasteiger partial charge on any atom is 0.249 e. The molecule has 0 N–H and O–H groups in total. The molecule has 0 aliphatic carbocycles. The van der Waals surface area contributed by atoms with E-state index in [-0.39, 0.29) is 11.6 Å². The second kappa shape index (κ2) is 4.12. The number of benzene rings is 1. The Morgan fingerprint density at radius 3 is 2.00 bits per heavy atom. The molecule has 0 aliphatic rings. The number of aromatic nitrogens is 1. The molecule has 2 rings (SSSR count). The second-order valence-corrected chi connectivity index (χ2v) is 3.16. The molecule has 0 amide bonds. The van der Waals surface area contributed by atoms with Gasteiger partial charge in [0.1, 0.15) is 17.3 Å². The van der Waals surface area contributed by atoms with Gasteiger partial charge in [0.2, 0.25) is 5.95 Å². The van der Waals surface area contributed by atoms with Gasteiger partial charge < -0.3 is 0 Å². The Kier molecular flexibility index (Phi) is 2.79. The normalized spacial score (nSPS) is 10.6. The van der Waals surface area contributed by atoms with Crippen molar-refractivity contribution in [3.8, 4) is 11.3 Å². The topological polar surface area (TPSA) is 12.9 Å². The van der Waals surface area contributed by atoms with Crippen LogP contribution in [-0.4, -0.2) is 4.98 Å². The van der Waals surface area contributed by atoms with Crippen molar-refractivity contribution in [1.29, 1.82) is 0 Å². The number of pyridine rings is 1. The predicted molar refractivity (Wildman–Crippen MR) is 48.3 cm³/mol. The van der Waals surface area contributed by atoms with Crippen LogP contribution in [0.5, 0.6) is 0 Å². The third-order valence-corrected chi connectivity index (χ3v) is 1.96. The summed E-state index contributed by atoms with van der Waals surface area (Å²) >= 11 is 0. The van der Waals surface area contributed by atoms with E-state index >= 15 is 0 Å².